The van der Waals surface area contributed by atoms with Crippen LogP contribution in [0.5, 0.6) is 11.5 Å². The molecule has 0 N–H and O–H groups in total. The molecule has 0 saturated heterocycles. The zero-order valence-corrected chi connectivity index (χ0v) is 24.9. The normalized spacial score (nSPS) is 14.8. The fourth-order valence-corrected chi connectivity index (χ4v) is 6.45. The molecule has 1 atom stereocenters. The molecule has 0 radical (unpaired) electrons. The monoisotopic (exact) mass is 590 g/mol. The van der Waals surface area contributed by atoms with Crippen LogP contribution < -0.4 is 24.4 Å². The molecular formula is C35H30N2O5S. The van der Waals surface area contributed by atoms with Crippen molar-refractivity contribution in [3.63, 3.8) is 0 Å². The lowest BCUT2D eigenvalue weighted by molar-refractivity contribution is -0.136. The van der Waals surface area contributed by atoms with E-state index in [1.165, 1.54) is 18.4 Å². The van der Waals surface area contributed by atoms with E-state index in [0.29, 0.717) is 45.1 Å². The fraction of sp³-hybridized carbons (Fsp3) is 0.171. The van der Waals surface area contributed by atoms with Gasteiger partial charge in [0.25, 0.3) is 5.56 Å². The minimum Gasteiger partial charge on any atom is -0.493 e. The van der Waals surface area contributed by atoms with Crippen LogP contribution in [0.25, 0.3) is 16.8 Å². The van der Waals surface area contributed by atoms with Gasteiger partial charge in [-0.2, -0.15) is 0 Å². The Morgan fingerprint density at radius 1 is 0.953 bits per heavy atom. The zero-order valence-electron chi connectivity index (χ0n) is 24.1. The van der Waals surface area contributed by atoms with E-state index in [0.717, 1.165) is 27.5 Å². The molecule has 0 aliphatic carbocycles. The van der Waals surface area contributed by atoms with Crippen LogP contribution in [0.4, 0.5) is 0 Å². The Kier molecular flexibility index (Phi) is 7.94. The number of nitrogens with zero attached hydrogens (tertiary/aromatic N) is 2. The average molecular weight is 591 g/mol. The number of carbonyl (C=O) groups excluding carboxylic acids is 1. The topological polar surface area (TPSA) is 79.1 Å². The molecule has 0 fully saturated rings. The van der Waals surface area contributed by atoms with Crippen molar-refractivity contribution in [1.29, 1.82) is 0 Å². The molecule has 1 aliphatic rings. The number of hydrogen-bond donors (Lipinski definition) is 0. The van der Waals surface area contributed by atoms with Gasteiger partial charge in [-0.15, -0.1) is 0 Å². The summed E-state index contributed by atoms with van der Waals surface area (Å²) in [5, 5.41) is 2.30. The number of ether oxygens (including phenoxy) is 3. The van der Waals surface area contributed by atoms with Gasteiger partial charge >= 0.3 is 5.97 Å². The van der Waals surface area contributed by atoms with E-state index in [1.54, 1.807) is 11.7 Å². The first-order valence-corrected chi connectivity index (χ1v) is 14.8. The number of carbonyl (C=O) groups is 1. The second-order valence-corrected chi connectivity index (χ2v) is 11.0. The van der Waals surface area contributed by atoms with Crippen LogP contribution in [-0.4, -0.2) is 24.8 Å². The Bertz CT molecular complexity index is 2040. The van der Waals surface area contributed by atoms with Crippen LogP contribution >= 0.6 is 11.3 Å². The van der Waals surface area contributed by atoms with Gasteiger partial charge in [0, 0.05) is 0 Å². The van der Waals surface area contributed by atoms with Gasteiger partial charge in [-0.25, -0.2) is 9.79 Å². The van der Waals surface area contributed by atoms with Crippen molar-refractivity contribution >= 4 is 34.2 Å². The molecule has 216 valence electrons. The van der Waals surface area contributed by atoms with Gasteiger partial charge in [0.05, 0.1) is 36.1 Å². The second-order valence-electron chi connectivity index (χ2n) is 10.0. The molecule has 5 aromatic rings. The Hall–Kier alpha value is -4.95. The summed E-state index contributed by atoms with van der Waals surface area (Å²) in [7, 11) is 2.94. The summed E-state index contributed by atoms with van der Waals surface area (Å²) in [5.41, 5.74) is 3.43. The molecule has 0 saturated carbocycles. The van der Waals surface area contributed by atoms with E-state index in [2.05, 4.69) is 24.3 Å². The van der Waals surface area contributed by atoms with E-state index in [9.17, 15) is 9.59 Å². The Morgan fingerprint density at radius 2 is 1.72 bits per heavy atom. The van der Waals surface area contributed by atoms with Crippen molar-refractivity contribution in [1.82, 2.24) is 4.57 Å². The lowest BCUT2D eigenvalue weighted by Gasteiger charge is -2.25. The number of allylic oxidation sites excluding steroid dienone is 1. The number of rotatable bonds is 8. The Labute approximate surface area is 252 Å². The van der Waals surface area contributed by atoms with E-state index in [-0.39, 0.29) is 5.56 Å². The number of fused-ring (bicyclic) bond motifs is 2. The largest absolute Gasteiger partial charge is 0.493 e. The van der Waals surface area contributed by atoms with Crippen LogP contribution in [0, 0.1) is 0 Å². The number of thiazole rings is 1. The minimum atomic E-state index is -0.638. The first-order valence-electron chi connectivity index (χ1n) is 14.0. The summed E-state index contributed by atoms with van der Waals surface area (Å²) >= 11 is 1.29. The molecule has 0 spiro atoms. The molecule has 0 bridgehead atoms. The molecular weight excluding hydrogens is 560 g/mol. The van der Waals surface area contributed by atoms with Gasteiger partial charge in [0.2, 0.25) is 0 Å². The first kappa shape index (κ1) is 28.2. The smallest absolute Gasteiger partial charge is 0.338 e. The Morgan fingerprint density at radius 3 is 2.49 bits per heavy atom. The van der Waals surface area contributed by atoms with E-state index in [4.69, 9.17) is 19.2 Å². The quantitative estimate of drug-likeness (QED) is 0.222. The molecule has 2 heterocycles. The standard InChI is InChI=1S/C35H30N2O5S/c1-4-27-31(34(39)41-3)32(24-12-6-5-7-13-24)37-33(38)30(43-35(37)36-27)20-22-17-18-28(29(19-22)40-2)42-21-25-15-10-14-23-11-8-9-16-26(23)25/h5-20,32H,4,21H2,1-3H3/b30-20-/t32-/m0/s1. The van der Waals surface area contributed by atoms with Gasteiger partial charge in [-0.3, -0.25) is 9.36 Å². The lowest BCUT2D eigenvalue weighted by Crippen LogP contribution is -2.40. The summed E-state index contributed by atoms with van der Waals surface area (Å²) in [5.74, 6) is 0.672. The molecule has 4 aromatic carbocycles. The van der Waals surface area contributed by atoms with Crippen molar-refractivity contribution in [2.24, 2.45) is 4.99 Å². The predicted molar refractivity (Wildman–Crippen MR) is 168 cm³/mol. The number of methoxy groups -OCH3 is 2. The van der Waals surface area contributed by atoms with Crippen molar-refractivity contribution in [3.8, 4) is 11.5 Å². The van der Waals surface area contributed by atoms with Gasteiger partial charge in [0.15, 0.2) is 16.3 Å². The molecule has 8 heteroatoms. The highest BCUT2D eigenvalue weighted by Crippen LogP contribution is 2.32. The highest BCUT2D eigenvalue weighted by atomic mass is 32.1. The molecule has 0 unspecified atom stereocenters. The Balaban J connectivity index is 1.37. The third-order valence-corrected chi connectivity index (χ3v) is 8.50. The average Bonchev–Trinajstić information content (AvgIpc) is 3.36. The lowest BCUT2D eigenvalue weighted by atomic mass is 9.95. The maximum atomic E-state index is 13.9. The van der Waals surface area contributed by atoms with Crippen LogP contribution in [0.2, 0.25) is 0 Å². The first-order chi connectivity index (χ1) is 21.0. The summed E-state index contributed by atoms with van der Waals surface area (Å²) in [4.78, 5) is 32.1. The molecule has 7 nitrogen and oxygen atoms in total. The van der Waals surface area contributed by atoms with Crippen molar-refractivity contribution in [3.05, 3.63) is 139 Å². The van der Waals surface area contributed by atoms with Gasteiger partial charge in [-0.05, 0) is 52.1 Å². The van der Waals surface area contributed by atoms with E-state index >= 15 is 0 Å². The van der Waals surface area contributed by atoms with Gasteiger partial charge in [-0.1, -0.05) is 97.1 Å². The molecule has 0 amide bonds. The third kappa shape index (κ3) is 5.37. The van der Waals surface area contributed by atoms with Crippen molar-refractivity contribution in [2.75, 3.05) is 14.2 Å². The van der Waals surface area contributed by atoms with Crippen LogP contribution in [0.3, 0.4) is 0 Å². The molecule has 6 rings (SSSR count). The third-order valence-electron chi connectivity index (χ3n) is 7.51. The second kappa shape index (κ2) is 12.1. The summed E-state index contributed by atoms with van der Waals surface area (Å²) in [6.45, 7) is 2.33. The SMILES string of the molecule is CCC1=C(C(=O)OC)[C@H](c2ccccc2)n2c(s/c(=C\c3ccc(OCc4cccc5ccccc45)c(OC)c3)c2=O)=N1. The van der Waals surface area contributed by atoms with Gasteiger partial charge in [0.1, 0.15) is 6.61 Å². The maximum Gasteiger partial charge on any atom is 0.338 e. The predicted octanol–water partition coefficient (Wildman–Crippen LogP) is 5.54. The zero-order chi connectivity index (χ0) is 29.9. The highest BCUT2D eigenvalue weighted by molar-refractivity contribution is 7.07. The molecule has 43 heavy (non-hydrogen) atoms. The number of esters is 1. The van der Waals surface area contributed by atoms with E-state index in [1.807, 2.05) is 79.7 Å². The van der Waals surface area contributed by atoms with Crippen molar-refractivity contribution in [2.45, 2.75) is 26.0 Å². The van der Waals surface area contributed by atoms with Crippen LogP contribution in [0.1, 0.15) is 36.1 Å². The maximum absolute atomic E-state index is 13.9. The summed E-state index contributed by atoms with van der Waals surface area (Å²) < 4.78 is 19.1. The van der Waals surface area contributed by atoms with Gasteiger partial charge < -0.3 is 14.2 Å². The number of hydrogen-bond acceptors (Lipinski definition) is 7. The van der Waals surface area contributed by atoms with E-state index < -0.39 is 12.0 Å². The number of benzene rings is 4. The van der Waals surface area contributed by atoms with Crippen LogP contribution in [-0.2, 0) is 16.1 Å². The summed E-state index contributed by atoms with van der Waals surface area (Å²) in [6.07, 6.45) is 2.34. The molecule has 1 aliphatic heterocycles. The van der Waals surface area contributed by atoms with Crippen LogP contribution in [0.15, 0.2) is 112 Å². The fourth-order valence-electron chi connectivity index (χ4n) is 5.43. The minimum absolute atomic E-state index is 0.232. The summed E-state index contributed by atoms with van der Waals surface area (Å²) in [6, 6.07) is 28.8. The van der Waals surface area contributed by atoms with Crippen molar-refractivity contribution < 1.29 is 19.0 Å². The molecule has 1 aromatic heterocycles. The number of aromatic nitrogens is 1. The highest BCUT2D eigenvalue weighted by Gasteiger charge is 2.33.